The molecular weight excluding hydrogens is 477 g/mol. The summed E-state index contributed by atoms with van der Waals surface area (Å²) in [6.07, 6.45) is -0.656. The Kier molecular flexibility index (Phi) is 7.98. The van der Waals surface area contributed by atoms with Crippen LogP contribution >= 0.6 is 0 Å². The van der Waals surface area contributed by atoms with Crippen molar-refractivity contribution in [2.75, 3.05) is 7.11 Å². The lowest BCUT2D eigenvalue weighted by atomic mass is 10.0. The summed E-state index contributed by atoms with van der Waals surface area (Å²) >= 11 is 0. The summed E-state index contributed by atoms with van der Waals surface area (Å²) in [6, 6.07) is 20.5. The Morgan fingerprint density at radius 1 is 0.946 bits per heavy atom. The van der Waals surface area contributed by atoms with Gasteiger partial charge in [-0.25, -0.2) is 4.39 Å². The summed E-state index contributed by atoms with van der Waals surface area (Å²) in [4.78, 5) is 24.2. The molecule has 0 fully saturated rings. The maximum absolute atomic E-state index is 14.0. The topological polar surface area (TPSA) is 87.9 Å². The van der Waals surface area contributed by atoms with Gasteiger partial charge in [-0.3, -0.25) is 9.59 Å². The number of nitrogens with zero attached hydrogens (tertiary/aromatic N) is 1. The van der Waals surface area contributed by atoms with Crippen molar-refractivity contribution in [1.29, 1.82) is 0 Å². The summed E-state index contributed by atoms with van der Waals surface area (Å²) in [7, 11) is 1.35. The fraction of sp³-hybridized carbons (Fsp3) is 0.207. The molecule has 8 heteroatoms. The number of esters is 2. The molecular formula is C29H26FNO6. The van der Waals surface area contributed by atoms with Crippen LogP contribution in [0, 0.1) is 12.7 Å². The van der Waals surface area contributed by atoms with Gasteiger partial charge in [-0.15, -0.1) is 0 Å². The molecule has 190 valence electrons. The first-order valence-electron chi connectivity index (χ1n) is 11.7. The van der Waals surface area contributed by atoms with Crippen LogP contribution in [0.2, 0.25) is 0 Å². The third-order valence-electron chi connectivity index (χ3n) is 5.78. The molecule has 0 aliphatic heterocycles. The molecule has 0 spiro atoms. The molecule has 0 radical (unpaired) electrons. The third-order valence-corrected chi connectivity index (χ3v) is 5.78. The Morgan fingerprint density at radius 3 is 2.43 bits per heavy atom. The lowest BCUT2D eigenvalue weighted by Gasteiger charge is -2.14. The zero-order chi connectivity index (χ0) is 26.4. The molecule has 3 aromatic carbocycles. The Bertz CT molecular complexity index is 1400. The fourth-order valence-electron chi connectivity index (χ4n) is 3.84. The molecule has 1 heterocycles. The van der Waals surface area contributed by atoms with Crippen molar-refractivity contribution < 1.29 is 32.7 Å². The first-order valence-corrected chi connectivity index (χ1v) is 11.7. The quantitative estimate of drug-likeness (QED) is 0.253. The van der Waals surface area contributed by atoms with Crippen molar-refractivity contribution >= 4 is 11.9 Å². The summed E-state index contributed by atoms with van der Waals surface area (Å²) < 4.78 is 35.6. The predicted molar refractivity (Wildman–Crippen MR) is 134 cm³/mol. The van der Waals surface area contributed by atoms with E-state index in [2.05, 4.69) is 5.16 Å². The molecule has 0 bridgehead atoms. The van der Waals surface area contributed by atoms with Crippen LogP contribution in [0.3, 0.4) is 0 Å². The number of methoxy groups -OCH3 is 1. The number of aryl methyl sites for hydroxylation is 1. The number of benzene rings is 3. The monoisotopic (exact) mass is 503 g/mol. The minimum Gasteiger partial charge on any atom is -0.469 e. The average molecular weight is 504 g/mol. The number of ether oxygens (including phenoxy) is 3. The van der Waals surface area contributed by atoms with Gasteiger partial charge in [0.05, 0.1) is 25.6 Å². The number of halogens is 1. The van der Waals surface area contributed by atoms with Gasteiger partial charge in [0, 0.05) is 16.7 Å². The Hall–Kier alpha value is -4.46. The maximum atomic E-state index is 14.0. The van der Waals surface area contributed by atoms with Gasteiger partial charge >= 0.3 is 11.9 Å². The van der Waals surface area contributed by atoms with E-state index in [0.29, 0.717) is 39.6 Å². The van der Waals surface area contributed by atoms with E-state index in [1.807, 2.05) is 6.07 Å². The highest BCUT2D eigenvalue weighted by Gasteiger charge is 2.21. The molecule has 0 aliphatic rings. The largest absolute Gasteiger partial charge is 0.469 e. The molecule has 1 atom stereocenters. The van der Waals surface area contributed by atoms with E-state index >= 15 is 0 Å². The van der Waals surface area contributed by atoms with E-state index in [-0.39, 0.29) is 18.8 Å². The summed E-state index contributed by atoms with van der Waals surface area (Å²) in [6.45, 7) is 3.37. The van der Waals surface area contributed by atoms with E-state index in [1.54, 1.807) is 74.5 Å². The average Bonchev–Trinajstić information content (AvgIpc) is 3.24. The number of carbonyl (C=O) groups is 2. The molecule has 0 saturated heterocycles. The van der Waals surface area contributed by atoms with E-state index in [4.69, 9.17) is 18.7 Å². The number of rotatable bonds is 9. The Labute approximate surface area is 213 Å². The molecule has 0 unspecified atom stereocenters. The van der Waals surface area contributed by atoms with Crippen LogP contribution in [0.5, 0.6) is 11.5 Å². The minimum absolute atomic E-state index is 0.0747. The van der Waals surface area contributed by atoms with Crippen LogP contribution in [0.4, 0.5) is 4.39 Å². The molecule has 0 N–H and O–H groups in total. The van der Waals surface area contributed by atoms with Gasteiger partial charge in [-0.1, -0.05) is 35.5 Å². The van der Waals surface area contributed by atoms with Gasteiger partial charge in [0.15, 0.2) is 5.76 Å². The second-order valence-corrected chi connectivity index (χ2v) is 8.43. The molecule has 7 nitrogen and oxygen atoms in total. The smallest absolute Gasteiger partial charge is 0.311 e. The van der Waals surface area contributed by atoms with Gasteiger partial charge in [-0.2, -0.15) is 0 Å². The second kappa shape index (κ2) is 11.5. The van der Waals surface area contributed by atoms with Crippen LogP contribution in [-0.4, -0.2) is 24.2 Å². The number of hydrogen-bond donors (Lipinski definition) is 0. The molecule has 37 heavy (non-hydrogen) atoms. The number of aromatic nitrogens is 1. The number of hydrogen-bond acceptors (Lipinski definition) is 7. The predicted octanol–water partition coefficient (Wildman–Crippen LogP) is 6.14. The minimum atomic E-state index is -0.736. The van der Waals surface area contributed by atoms with Gasteiger partial charge in [0.2, 0.25) is 0 Å². The summed E-state index contributed by atoms with van der Waals surface area (Å²) in [5.41, 5.74) is 2.95. The summed E-state index contributed by atoms with van der Waals surface area (Å²) in [5, 5.41) is 4.02. The van der Waals surface area contributed by atoms with Gasteiger partial charge in [0.1, 0.15) is 23.4 Å². The molecule has 0 saturated carbocycles. The highest BCUT2D eigenvalue weighted by atomic mass is 19.1. The van der Waals surface area contributed by atoms with Gasteiger partial charge in [-0.05, 0) is 61.9 Å². The zero-order valence-corrected chi connectivity index (χ0v) is 20.7. The number of carbonyl (C=O) groups excluding carboxylic acids is 2. The highest BCUT2D eigenvalue weighted by Crippen LogP contribution is 2.31. The normalized spacial score (nSPS) is 11.6. The second-order valence-electron chi connectivity index (χ2n) is 8.43. The fourth-order valence-corrected chi connectivity index (χ4v) is 3.84. The van der Waals surface area contributed by atoms with Gasteiger partial charge < -0.3 is 18.7 Å². The zero-order valence-electron chi connectivity index (χ0n) is 20.7. The molecule has 4 rings (SSSR count). The van der Waals surface area contributed by atoms with Crippen molar-refractivity contribution in [3.8, 4) is 22.8 Å². The van der Waals surface area contributed by atoms with E-state index in [9.17, 15) is 14.0 Å². The van der Waals surface area contributed by atoms with E-state index in [0.717, 1.165) is 5.56 Å². The van der Waals surface area contributed by atoms with E-state index in [1.165, 1.54) is 13.2 Å². The Morgan fingerprint density at radius 2 is 1.70 bits per heavy atom. The third kappa shape index (κ3) is 6.41. The molecule has 0 aliphatic carbocycles. The van der Waals surface area contributed by atoms with Crippen LogP contribution in [0.25, 0.3) is 11.3 Å². The lowest BCUT2D eigenvalue weighted by Crippen LogP contribution is -2.13. The standard InChI is InChI=1S/C29H26FNO6/c1-18-25(17-28(33)35-19(2)24-9-4-5-10-26(24)30)29(37-31-18)21-11-13-22(14-12-21)36-23-8-6-7-20(15-23)16-27(32)34-3/h4-15,19H,16-17H2,1-3H3/t19-/m1/s1. The SMILES string of the molecule is COC(=O)Cc1cccc(Oc2ccc(-c3onc(C)c3CC(=O)O[C@H](C)c3ccccc3F)cc2)c1. The molecule has 1 aromatic heterocycles. The van der Waals surface area contributed by atoms with Crippen LogP contribution in [0.1, 0.15) is 35.4 Å². The van der Waals surface area contributed by atoms with Crippen LogP contribution in [0.15, 0.2) is 77.3 Å². The highest BCUT2D eigenvalue weighted by molar-refractivity contribution is 5.77. The maximum Gasteiger partial charge on any atom is 0.311 e. The van der Waals surface area contributed by atoms with Crippen molar-refractivity contribution in [3.63, 3.8) is 0 Å². The van der Waals surface area contributed by atoms with Crippen molar-refractivity contribution in [1.82, 2.24) is 5.16 Å². The lowest BCUT2D eigenvalue weighted by molar-refractivity contribution is -0.148. The molecule has 0 amide bonds. The summed E-state index contributed by atoms with van der Waals surface area (Å²) in [5.74, 6) is 0.328. The first-order chi connectivity index (χ1) is 17.8. The van der Waals surface area contributed by atoms with Crippen molar-refractivity contribution in [2.24, 2.45) is 0 Å². The van der Waals surface area contributed by atoms with Crippen molar-refractivity contribution in [3.05, 3.63) is 101 Å². The van der Waals surface area contributed by atoms with E-state index < -0.39 is 17.9 Å². The molecule has 4 aromatic rings. The van der Waals surface area contributed by atoms with Crippen molar-refractivity contribution in [2.45, 2.75) is 32.8 Å². The van der Waals surface area contributed by atoms with Crippen LogP contribution in [-0.2, 0) is 31.9 Å². The van der Waals surface area contributed by atoms with Gasteiger partial charge in [0.25, 0.3) is 0 Å². The van der Waals surface area contributed by atoms with Crippen LogP contribution < -0.4 is 4.74 Å². The Balaban J connectivity index is 1.44. The first kappa shape index (κ1) is 25.6.